The molecule has 1 rings (SSSR count). The second-order valence-electron chi connectivity index (χ2n) is 3.80. The van der Waals surface area contributed by atoms with Crippen LogP contribution in [0.5, 0.6) is 5.75 Å². The third-order valence-corrected chi connectivity index (χ3v) is 2.75. The van der Waals surface area contributed by atoms with Gasteiger partial charge in [-0.15, -0.1) is 0 Å². The van der Waals surface area contributed by atoms with Crippen molar-refractivity contribution in [1.29, 1.82) is 0 Å². The molecule has 8 heteroatoms. The smallest absolute Gasteiger partial charge is 0.327 e. The van der Waals surface area contributed by atoms with Crippen molar-refractivity contribution in [3.63, 3.8) is 0 Å². The van der Waals surface area contributed by atoms with Gasteiger partial charge in [-0.2, -0.15) is 0 Å². The number of esters is 1. The Bertz CT molecular complexity index is 517. The van der Waals surface area contributed by atoms with Crippen LogP contribution in [0.1, 0.15) is 18.5 Å². The maximum absolute atomic E-state index is 11.9. The SMILES string of the molecule is CCOC(=O)C(NCCN=[N+]=[N-])c1ccc(O)c(Cl)c1. The summed E-state index contributed by atoms with van der Waals surface area (Å²) >= 11 is 5.83. The molecule has 0 saturated carbocycles. The summed E-state index contributed by atoms with van der Waals surface area (Å²) in [7, 11) is 0. The van der Waals surface area contributed by atoms with Gasteiger partial charge in [-0.1, -0.05) is 22.8 Å². The van der Waals surface area contributed by atoms with Gasteiger partial charge >= 0.3 is 5.97 Å². The van der Waals surface area contributed by atoms with Gasteiger partial charge in [-0.25, -0.2) is 4.79 Å². The van der Waals surface area contributed by atoms with E-state index in [0.717, 1.165) is 0 Å². The van der Waals surface area contributed by atoms with E-state index in [1.165, 1.54) is 12.1 Å². The molecule has 0 fully saturated rings. The molecule has 0 heterocycles. The van der Waals surface area contributed by atoms with Crippen LogP contribution in [0.15, 0.2) is 23.3 Å². The molecule has 1 atom stereocenters. The normalized spacial score (nSPS) is 11.5. The van der Waals surface area contributed by atoms with Gasteiger partial charge in [0.1, 0.15) is 11.8 Å². The fourth-order valence-corrected chi connectivity index (χ4v) is 1.76. The summed E-state index contributed by atoms with van der Waals surface area (Å²) in [6.07, 6.45) is 0. The molecule has 7 nitrogen and oxygen atoms in total. The van der Waals surface area contributed by atoms with Crippen LogP contribution in [-0.2, 0) is 9.53 Å². The van der Waals surface area contributed by atoms with Crippen LogP contribution in [-0.4, -0.2) is 30.8 Å². The van der Waals surface area contributed by atoms with Crippen molar-refractivity contribution in [3.05, 3.63) is 39.2 Å². The van der Waals surface area contributed by atoms with E-state index >= 15 is 0 Å². The Morgan fingerprint density at radius 3 is 3.00 bits per heavy atom. The molecule has 20 heavy (non-hydrogen) atoms. The number of nitrogens with zero attached hydrogens (tertiary/aromatic N) is 3. The van der Waals surface area contributed by atoms with E-state index in [2.05, 4.69) is 15.3 Å². The number of ether oxygens (including phenoxy) is 1. The number of phenolic OH excluding ortho intramolecular Hbond substituents is 1. The molecule has 0 saturated heterocycles. The second kappa shape index (κ2) is 8.27. The number of hydrogen-bond donors (Lipinski definition) is 2. The standard InChI is InChI=1S/C12H15ClN4O3/c1-2-20-12(19)11(15-5-6-16-17-14)8-3-4-10(18)9(13)7-8/h3-4,7,11,15,18H,2,5-6H2,1H3. The molecule has 1 aromatic rings. The first-order chi connectivity index (χ1) is 9.60. The van der Waals surface area contributed by atoms with Crippen LogP contribution in [0, 0.1) is 0 Å². The first-order valence-corrected chi connectivity index (χ1v) is 6.37. The molecule has 0 aliphatic rings. The lowest BCUT2D eigenvalue weighted by molar-refractivity contribution is -0.145. The summed E-state index contributed by atoms with van der Waals surface area (Å²) < 4.78 is 4.98. The number of halogens is 1. The number of carbonyl (C=O) groups is 1. The number of aromatic hydroxyl groups is 1. The van der Waals surface area contributed by atoms with E-state index in [9.17, 15) is 9.90 Å². The van der Waals surface area contributed by atoms with E-state index in [1.807, 2.05) is 0 Å². The molecule has 108 valence electrons. The fourth-order valence-electron chi connectivity index (χ4n) is 1.57. The van der Waals surface area contributed by atoms with E-state index < -0.39 is 12.0 Å². The quantitative estimate of drug-likeness (QED) is 0.265. The lowest BCUT2D eigenvalue weighted by Crippen LogP contribution is -2.32. The summed E-state index contributed by atoms with van der Waals surface area (Å²) in [5.74, 6) is -0.526. The lowest BCUT2D eigenvalue weighted by atomic mass is 10.1. The van der Waals surface area contributed by atoms with Gasteiger partial charge in [0, 0.05) is 18.0 Å². The van der Waals surface area contributed by atoms with Crippen molar-refractivity contribution < 1.29 is 14.6 Å². The van der Waals surface area contributed by atoms with E-state index in [0.29, 0.717) is 12.1 Å². The van der Waals surface area contributed by atoms with Crippen LogP contribution in [0.2, 0.25) is 5.02 Å². The van der Waals surface area contributed by atoms with Crippen molar-refractivity contribution in [2.24, 2.45) is 5.11 Å². The van der Waals surface area contributed by atoms with Crippen molar-refractivity contribution in [1.82, 2.24) is 5.32 Å². The number of nitrogens with one attached hydrogen (secondary N) is 1. The fraction of sp³-hybridized carbons (Fsp3) is 0.417. The number of hydrogen-bond acceptors (Lipinski definition) is 5. The van der Waals surface area contributed by atoms with Gasteiger partial charge in [-0.3, -0.25) is 0 Å². The topological polar surface area (TPSA) is 107 Å². The number of benzene rings is 1. The zero-order valence-corrected chi connectivity index (χ0v) is 11.7. The monoisotopic (exact) mass is 298 g/mol. The Kier molecular flexibility index (Phi) is 6.66. The van der Waals surface area contributed by atoms with Crippen molar-refractivity contribution in [3.8, 4) is 5.75 Å². The number of rotatable bonds is 7. The highest BCUT2D eigenvalue weighted by Gasteiger charge is 2.21. The van der Waals surface area contributed by atoms with Crippen molar-refractivity contribution >= 4 is 17.6 Å². The van der Waals surface area contributed by atoms with Crippen LogP contribution in [0.4, 0.5) is 0 Å². The molecule has 0 amide bonds. The lowest BCUT2D eigenvalue weighted by Gasteiger charge is -2.17. The Morgan fingerprint density at radius 1 is 1.65 bits per heavy atom. The third-order valence-electron chi connectivity index (χ3n) is 2.45. The highest BCUT2D eigenvalue weighted by Crippen LogP contribution is 2.27. The van der Waals surface area contributed by atoms with Gasteiger partial charge in [0.05, 0.1) is 11.6 Å². The molecule has 0 bridgehead atoms. The highest BCUT2D eigenvalue weighted by molar-refractivity contribution is 6.32. The average Bonchev–Trinajstić information content (AvgIpc) is 2.42. The van der Waals surface area contributed by atoms with Gasteiger partial charge in [0.25, 0.3) is 0 Å². The molecule has 0 aromatic heterocycles. The van der Waals surface area contributed by atoms with E-state index in [1.54, 1.807) is 13.0 Å². The van der Waals surface area contributed by atoms with Crippen molar-refractivity contribution in [2.45, 2.75) is 13.0 Å². The molecule has 1 aromatic carbocycles. The molecular weight excluding hydrogens is 284 g/mol. The van der Waals surface area contributed by atoms with Gasteiger partial charge < -0.3 is 15.2 Å². The average molecular weight is 299 g/mol. The van der Waals surface area contributed by atoms with Crippen LogP contribution in [0.3, 0.4) is 0 Å². The maximum Gasteiger partial charge on any atom is 0.327 e. The second-order valence-corrected chi connectivity index (χ2v) is 4.21. The molecule has 1 unspecified atom stereocenters. The summed E-state index contributed by atoms with van der Waals surface area (Å²) in [6, 6.07) is 3.73. The van der Waals surface area contributed by atoms with Gasteiger partial charge in [-0.05, 0) is 30.2 Å². The summed E-state index contributed by atoms with van der Waals surface area (Å²) in [4.78, 5) is 14.5. The maximum atomic E-state index is 11.9. The Hall–Kier alpha value is -1.95. The van der Waals surface area contributed by atoms with Crippen molar-refractivity contribution in [2.75, 3.05) is 19.7 Å². The minimum atomic E-state index is -0.734. The van der Waals surface area contributed by atoms with E-state index in [-0.39, 0.29) is 23.9 Å². The predicted octanol–water partition coefficient (Wildman–Crippen LogP) is 2.55. The van der Waals surface area contributed by atoms with E-state index in [4.69, 9.17) is 21.9 Å². The molecule has 0 aliphatic heterocycles. The summed E-state index contributed by atoms with van der Waals surface area (Å²) in [6.45, 7) is 2.47. The minimum absolute atomic E-state index is 0.0629. The van der Waals surface area contributed by atoms with Gasteiger partial charge in [0.2, 0.25) is 0 Å². The largest absolute Gasteiger partial charge is 0.506 e. The first kappa shape index (κ1) is 16.1. The minimum Gasteiger partial charge on any atom is -0.506 e. The molecular formula is C12H15ClN4O3. The Morgan fingerprint density at radius 2 is 2.40 bits per heavy atom. The Labute approximate surface area is 121 Å². The Balaban J connectivity index is 2.87. The van der Waals surface area contributed by atoms with Crippen LogP contribution < -0.4 is 5.32 Å². The zero-order valence-electron chi connectivity index (χ0n) is 10.9. The molecule has 0 spiro atoms. The van der Waals surface area contributed by atoms with Crippen LogP contribution in [0.25, 0.3) is 10.4 Å². The third kappa shape index (κ3) is 4.62. The number of azide groups is 1. The molecule has 0 aliphatic carbocycles. The summed E-state index contributed by atoms with van der Waals surface area (Å²) in [5.41, 5.74) is 8.76. The molecule has 0 radical (unpaired) electrons. The van der Waals surface area contributed by atoms with Gasteiger partial charge in [0.15, 0.2) is 0 Å². The summed E-state index contributed by atoms with van der Waals surface area (Å²) in [5, 5.41) is 15.8. The zero-order chi connectivity index (χ0) is 15.0. The number of phenols is 1. The number of carbonyl (C=O) groups excluding carboxylic acids is 1. The highest BCUT2D eigenvalue weighted by atomic mass is 35.5. The molecule has 2 N–H and O–H groups in total. The first-order valence-electron chi connectivity index (χ1n) is 5.99. The van der Waals surface area contributed by atoms with Crippen LogP contribution >= 0.6 is 11.6 Å². The predicted molar refractivity (Wildman–Crippen MR) is 74.5 cm³/mol.